The van der Waals surface area contributed by atoms with Crippen LogP contribution in [0.4, 0.5) is 0 Å². The van der Waals surface area contributed by atoms with E-state index in [4.69, 9.17) is 4.74 Å². The predicted octanol–water partition coefficient (Wildman–Crippen LogP) is 1.70. The molecule has 0 radical (unpaired) electrons. The fourth-order valence-electron chi connectivity index (χ4n) is 4.76. The molecular formula is C14H20N4O2. The first-order valence-electron chi connectivity index (χ1n) is 7.70. The third kappa shape index (κ3) is 1.77. The van der Waals surface area contributed by atoms with Gasteiger partial charge in [-0.2, -0.15) is 0 Å². The highest BCUT2D eigenvalue weighted by Gasteiger charge is 2.47. The van der Waals surface area contributed by atoms with Crippen LogP contribution >= 0.6 is 0 Å². The molecule has 6 nitrogen and oxygen atoms in total. The van der Waals surface area contributed by atoms with Gasteiger partial charge in [-0.25, -0.2) is 9.48 Å². The minimum Gasteiger partial charge on any atom is -0.464 e. The summed E-state index contributed by atoms with van der Waals surface area (Å²) in [5, 5.41) is 12.2. The van der Waals surface area contributed by atoms with E-state index in [0.29, 0.717) is 18.4 Å². The van der Waals surface area contributed by atoms with Crippen LogP contribution in [0.1, 0.15) is 56.8 Å². The van der Waals surface area contributed by atoms with Crippen LogP contribution in [-0.2, 0) is 9.53 Å². The molecule has 1 aromatic rings. The van der Waals surface area contributed by atoms with Gasteiger partial charge in [-0.15, -0.1) is 5.10 Å². The van der Waals surface area contributed by atoms with Gasteiger partial charge in [0.15, 0.2) is 11.9 Å². The number of esters is 1. The maximum absolute atomic E-state index is 12.4. The van der Waals surface area contributed by atoms with E-state index >= 15 is 0 Å². The summed E-state index contributed by atoms with van der Waals surface area (Å²) in [6, 6.07) is -0.312. The first-order chi connectivity index (χ1) is 9.76. The van der Waals surface area contributed by atoms with Gasteiger partial charge in [0.1, 0.15) is 0 Å². The van der Waals surface area contributed by atoms with Crippen LogP contribution in [0.2, 0.25) is 0 Å². The normalized spacial score (nSPS) is 38.1. The van der Waals surface area contributed by atoms with Crippen molar-refractivity contribution in [2.24, 2.45) is 17.8 Å². The minimum absolute atomic E-state index is 0.159. The van der Waals surface area contributed by atoms with Crippen LogP contribution in [0.25, 0.3) is 0 Å². The smallest absolute Gasteiger partial charge is 0.331 e. The Morgan fingerprint density at radius 2 is 2.00 bits per heavy atom. The number of aromatic nitrogens is 4. The number of carbonyl (C=O) groups is 1. The number of rotatable bonds is 2. The van der Waals surface area contributed by atoms with Gasteiger partial charge in [0.05, 0.1) is 6.61 Å². The van der Waals surface area contributed by atoms with Gasteiger partial charge in [-0.3, -0.25) is 0 Å². The van der Waals surface area contributed by atoms with Gasteiger partial charge in [0, 0.05) is 5.92 Å². The van der Waals surface area contributed by atoms with Crippen molar-refractivity contribution in [3.8, 4) is 0 Å². The molecular weight excluding hydrogens is 256 g/mol. The first-order valence-corrected chi connectivity index (χ1v) is 7.70. The molecule has 4 bridgehead atoms. The molecule has 20 heavy (non-hydrogen) atoms. The van der Waals surface area contributed by atoms with Crippen molar-refractivity contribution in [3.05, 3.63) is 5.82 Å². The topological polar surface area (TPSA) is 69.9 Å². The summed E-state index contributed by atoms with van der Waals surface area (Å²) in [4.78, 5) is 12.4. The van der Waals surface area contributed by atoms with Crippen LogP contribution in [0.3, 0.4) is 0 Å². The van der Waals surface area contributed by atoms with Crippen molar-refractivity contribution in [2.75, 3.05) is 6.61 Å². The molecule has 2 aliphatic heterocycles. The Balaban J connectivity index is 1.79. The maximum atomic E-state index is 12.4. The standard InChI is InChI=1S/C14H20N4O2/c1-2-20-14(19)12-10-4-8-3-9(5-10)7-11(6-8)13-15-16-17-18(12)13/h8-12H,2-7H2,1H3. The van der Waals surface area contributed by atoms with Crippen LogP contribution in [0.15, 0.2) is 0 Å². The summed E-state index contributed by atoms with van der Waals surface area (Å²) >= 11 is 0. The maximum Gasteiger partial charge on any atom is 0.331 e. The second-order valence-corrected chi connectivity index (χ2v) is 6.55. The fraction of sp³-hybridized carbons (Fsp3) is 0.857. The molecule has 2 saturated carbocycles. The summed E-state index contributed by atoms with van der Waals surface area (Å²) in [6.07, 6.45) is 5.93. The third-order valence-corrected chi connectivity index (χ3v) is 5.30. The largest absolute Gasteiger partial charge is 0.464 e. The van der Waals surface area contributed by atoms with Crippen molar-refractivity contribution in [1.82, 2.24) is 20.2 Å². The highest BCUT2D eigenvalue weighted by molar-refractivity contribution is 5.74. The number of tetrazole rings is 1. The molecule has 3 heterocycles. The lowest BCUT2D eigenvalue weighted by Crippen LogP contribution is -2.42. The summed E-state index contributed by atoms with van der Waals surface area (Å²) in [5.41, 5.74) is 0. The lowest BCUT2D eigenvalue weighted by atomic mass is 9.62. The molecule has 0 saturated heterocycles. The zero-order chi connectivity index (χ0) is 13.7. The molecule has 0 aromatic carbocycles. The van der Waals surface area contributed by atoms with Crippen LogP contribution in [0, 0.1) is 17.8 Å². The molecule has 0 spiro atoms. The highest BCUT2D eigenvalue weighted by Crippen LogP contribution is 2.52. The van der Waals surface area contributed by atoms with E-state index in [2.05, 4.69) is 15.5 Å². The van der Waals surface area contributed by atoms with Crippen molar-refractivity contribution in [2.45, 2.75) is 51.0 Å². The quantitative estimate of drug-likeness (QED) is 0.769. The number of ether oxygens (including phenoxy) is 1. The summed E-state index contributed by atoms with van der Waals surface area (Å²) in [7, 11) is 0. The van der Waals surface area contributed by atoms with E-state index in [9.17, 15) is 4.79 Å². The molecule has 1 aromatic heterocycles. The van der Waals surface area contributed by atoms with Crippen LogP contribution in [0.5, 0.6) is 0 Å². The van der Waals surface area contributed by atoms with E-state index in [1.54, 1.807) is 4.68 Å². The molecule has 2 aliphatic carbocycles. The lowest BCUT2D eigenvalue weighted by Gasteiger charge is -2.46. The second-order valence-electron chi connectivity index (χ2n) is 6.55. The van der Waals surface area contributed by atoms with Gasteiger partial charge < -0.3 is 4.74 Å². The van der Waals surface area contributed by atoms with Crippen LogP contribution < -0.4 is 0 Å². The molecule has 2 fully saturated rings. The molecule has 3 atom stereocenters. The van der Waals surface area contributed by atoms with E-state index in [0.717, 1.165) is 30.5 Å². The van der Waals surface area contributed by atoms with Gasteiger partial charge in [-0.1, -0.05) is 0 Å². The van der Waals surface area contributed by atoms with Crippen molar-refractivity contribution in [3.63, 3.8) is 0 Å². The molecule has 6 heteroatoms. The monoisotopic (exact) mass is 276 g/mol. The van der Waals surface area contributed by atoms with Gasteiger partial charge in [0.25, 0.3) is 0 Å². The van der Waals surface area contributed by atoms with Gasteiger partial charge in [-0.05, 0) is 67.2 Å². The number of hydrogen-bond acceptors (Lipinski definition) is 5. The first kappa shape index (κ1) is 12.3. The summed E-state index contributed by atoms with van der Waals surface area (Å²) in [6.45, 7) is 2.26. The van der Waals surface area contributed by atoms with Crippen LogP contribution in [-0.4, -0.2) is 32.8 Å². The summed E-state index contributed by atoms with van der Waals surface area (Å²) < 4.78 is 7.06. The highest BCUT2D eigenvalue weighted by atomic mass is 16.5. The Morgan fingerprint density at radius 1 is 1.25 bits per heavy atom. The molecule has 4 aliphatic rings. The average molecular weight is 276 g/mol. The van der Waals surface area contributed by atoms with Crippen molar-refractivity contribution >= 4 is 5.97 Å². The zero-order valence-corrected chi connectivity index (χ0v) is 11.7. The lowest BCUT2D eigenvalue weighted by molar-refractivity contribution is -0.151. The minimum atomic E-state index is -0.312. The number of carbonyl (C=O) groups excluding carboxylic acids is 1. The Labute approximate surface area is 117 Å². The van der Waals surface area contributed by atoms with E-state index < -0.39 is 0 Å². The molecule has 5 rings (SSSR count). The Bertz CT molecular complexity index is 515. The van der Waals surface area contributed by atoms with E-state index in [1.165, 1.54) is 19.3 Å². The molecule has 0 N–H and O–H groups in total. The summed E-state index contributed by atoms with van der Waals surface area (Å²) in [5.74, 6) is 2.98. The van der Waals surface area contributed by atoms with Crippen molar-refractivity contribution in [1.29, 1.82) is 0 Å². The Hall–Kier alpha value is -1.46. The SMILES string of the molecule is CCOC(=O)C1C2CC3CC(CC(C3)c3nnnn31)C2. The molecule has 108 valence electrons. The molecule has 3 unspecified atom stereocenters. The Kier molecular flexibility index (Phi) is 2.79. The van der Waals surface area contributed by atoms with Gasteiger partial charge in [0.2, 0.25) is 0 Å². The number of nitrogens with zero attached hydrogens (tertiary/aromatic N) is 4. The molecule has 0 amide bonds. The van der Waals surface area contributed by atoms with Crippen molar-refractivity contribution < 1.29 is 9.53 Å². The second kappa shape index (κ2) is 4.53. The van der Waals surface area contributed by atoms with E-state index in [-0.39, 0.29) is 12.0 Å². The van der Waals surface area contributed by atoms with Gasteiger partial charge >= 0.3 is 5.97 Å². The third-order valence-electron chi connectivity index (χ3n) is 5.30. The average Bonchev–Trinajstić information content (AvgIpc) is 2.85. The van der Waals surface area contributed by atoms with E-state index in [1.807, 2.05) is 6.92 Å². The zero-order valence-electron chi connectivity index (χ0n) is 11.7. The Morgan fingerprint density at radius 3 is 2.70 bits per heavy atom. The fourth-order valence-corrected chi connectivity index (χ4v) is 4.76. The number of hydrogen-bond donors (Lipinski definition) is 0. The predicted molar refractivity (Wildman–Crippen MR) is 69.8 cm³/mol.